The van der Waals surface area contributed by atoms with Gasteiger partial charge in [0.05, 0.1) is 12.7 Å². The number of rotatable bonds is 4. The average Bonchev–Trinajstić information content (AvgIpc) is 2.86. The van der Waals surface area contributed by atoms with Crippen LogP contribution in [0.3, 0.4) is 0 Å². The minimum Gasteiger partial charge on any atom is -0.495 e. The van der Waals surface area contributed by atoms with Crippen LogP contribution >= 0.6 is 11.3 Å². The Bertz CT molecular complexity index is 663. The van der Waals surface area contributed by atoms with E-state index in [0.29, 0.717) is 21.9 Å². The van der Waals surface area contributed by atoms with Crippen LogP contribution < -0.4 is 10.1 Å². The molecule has 104 valence electrons. The monoisotopic (exact) mass is 291 g/mol. The number of thiophene rings is 1. The first kappa shape index (κ1) is 14.1. The highest BCUT2D eigenvalue weighted by Gasteiger charge is 2.15. The van der Waals surface area contributed by atoms with E-state index in [4.69, 9.17) is 9.84 Å². The maximum absolute atomic E-state index is 12.1. The topological polar surface area (TPSA) is 75.6 Å². The summed E-state index contributed by atoms with van der Waals surface area (Å²) >= 11 is 1.28. The van der Waals surface area contributed by atoms with Crippen molar-refractivity contribution in [3.05, 3.63) is 45.6 Å². The Kier molecular flexibility index (Phi) is 4.05. The molecule has 2 rings (SSSR count). The van der Waals surface area contributed by atoms with Gasteiger partial charge in [0, 0.05) is 5.69 Å². The van der Waals surface area contributed by atoms with Gasteiger partial charge in [0.1, 0.15) is 10.6 Å². The zero-order valence-electron chi connectivity index (χ0n) is 11.0. The molecule has 0 unspecified atom stereocenters. The van der Waals surface area contributed by atoms with Crippen LogP contribution in [0.2, 0.25) is 0 Å². The van der Waals surface area contributed by atoms with E-state index in [-0.39, 0.29) is 11.5 Å². The molecule has 1 aromatic heterocycles. The summed E-state index contributed by atoms with van der Waals surface area (Å²) in [5.74, 6) is -0.744. The Morgan fingerprint density at radius 2 is 2.05 bits per heavy atom. The van der Waals surface area contributed by atoms with Gasteiger partial charge in [0.2, 0.25) is 0 Å². The van der Waals surface area contributed by atoms with Crippen LogP contribution in [0.5, 0.6) is 5.75 Å². The smallest absolute Gasteiger partial charge is 0.335 e. The van der Waals surface area contributed by atoms with E-state index in [2.05, 4.69) is 5.32 Å². The number of benzene rings is 1. The van der Waals surface area contributed by atoms with Crippen molar-refractivity contribution in [3.8, 4) is 5.75 Å². The number of aromatic carboxylic acids is 1. The minimum atomic E-state index is -0.986. The summed E-state index contributed by atoms with van der Waals surface area (Å²) in [7, 11) is 1.50. The minimum absolute atomic E-state index is 0.219. The van der Waals surface area contributed by atoms with Gasteiger partial charge in [-0.15, -0.1) is 11.3 Å². The first-order valence-electron chi connectivity index (χ1n) is 5.79. The molecule has 1 aromatic carbocycles. The van der Waals surface area contributed by atoms with Crippen molar-refractivity contribution >= 4 is 28.9 Å². The second-order valence-electron chi connectivity index (χ2n) is 4.11. The molecular weight excluding hydrogens is 278 g/mol. The SMILES string of the molecule is COc1ccsc1C(=O)Nc1ccc(C(=O)O)c(C)c1. The summed E-state index contributed by atoms with van der Waals surface area (Å²) in [5.41, 5.74) is 1.36. The first-order valence-corrected chi connectivity index (χ1v) is 6.67. The molecule has 0 aliphatic rings. The second kappa shape index (κ2) is 5.75. The molecule has 6 heteroatoms. The molecule has 0 aliphatic carbocycles. The first-order chi connectivity index (χ1) is 9.52. The Morgan fingerprint density at radius 3 is 2.65 bits per heavy atom. The van der Waals surface area contributed by atoms with E-state index >= 15 is 0 Å². The standard InChI is InChI=1S/C14H13NO4S/c1-8-7-9(3-4-10(8)14(17)18)15-13(16)12-11(19-2)5-6-20-12/h3-7H,1-2H3,(H,15,16)(H,17,18). The van der Waals surface area contributed by atoms with Crippen LogP contribution in [0, 0.1) is 6.92 Å². The number of nitrogens with one attached hydrogen (secondary N) is 1. The van der Waals surface area contributed by atoms with Crippen molar-refractivity contribution in [1.82, 2.24) is 0 Å². The molecule has 5 nitrogen and oxygen atoms in total. The molecule has 0 aliphatic heterocycles. The number of carbonyl (C=O) groups is 2. The number of amides is 1. The molecule has 0 radical (unpaired) electrons. The van der Waals surface area contributed by atoms with E-state index in [9.17, 15) is 9.59 Å². The molecule has 0 spiro atoms. The van der Waals surface area contributed by atoms with Crippen molar-refractivity contribution < 1.29 is 19.4 Å². The molecule has 0 atom stereocenters. The molecule has 1 amide bonds. The van der Waals surface area contributed by atoms with Gasteiger partial charge in [0.15, 0.2) is 0 Å². The molecule has 20 heavy (non-hydrogen) atoms. The summed E-state index contributed by atoms with van der Waals surface area (Å²) in [6, 6.07) is 6.38. The third kappa shape index (κ3) is 2.80. The van der Waals surface area contributed by atoms with Crippen LogP contribution in [0.25, 0.3) is 0 Å². The van der Waals surface area contributed by atoms with Crippen molar-refractivity contribution in [2.45, 2.75) is 6.92 Å². The number of carboxylic acid groups (broad SMARTS) is 1. The number of ether oxygens (including phenoxy) is 1. The highest BCUT2D eigenvalue weighted by molar-refractivity contribution is 7.12. The van der Waals surface area contributed by atoms with Crippen molar-refractivity contribution in [2.24, 2.45) is 0 Å². The predicted octanol–water partition coefficient (Wildman–Crippen LogP) is 3.02. The molecular formula is C14H13NO4S. The molecule has 2 N–H and O–H groups in total. The van der Waals surface area contributed by atoms with Crippen molar-refractivity contribution in [1.29, 1.82) is 0 Å². The lowest BCUT2D eigenvalue weighted by atomic mass is 10.1. The quantitative estimate of drug-likeness (QED) is 0.908. The van der Waals surface area contributed by atoms with Gasteiger partial charge in [-0.05, 0) is 42.1 Å². The number of carbonyl (C=O) groups excluding carboxylic acids is 1. The van der Waals surface area contributed by atoms with E-state index in [0.717, 1.165) is 0 Å². The number of anilines is 1. The Morgan fingerprint density at radius 1 is 1.30 bits per heavy atom. The molecule has 0 bridgehead atoms. The summed E-state index contributed by atoms with van der Waals surface area (Å²) in [6.07, 6.45) is 0. The predicted molar refractivity (Wildman–Crippen MR) is 77.0 cm³/mol. The third-order valence-electron chi connectivity index (χ3n) is 2.77. The van der Waals surface area contributed by atoms with E-state index in [1.807, 2.05) is 0 Å². The largest absolute Gasteiger partial charge is 0.495 e. The Balaban J connectivity index is 2.20. The Labute approximate surface area is 119 Å². The zero-order chi connectivity index (χ0) is 14.7. The number of methoxy groups -OCH3 is 1. The molecule has 0 fully saturated rings. The number of hydrogen-bond donors (Lipinski definition) is 2. The fraction of sp³-hybridized carbons (Fsp3) is 0.143. The van der Waals surface area contributed by atoms with E-state index < -0.39 is 5.97 Å². The zero-order valence-corrected chi connectivity index (χ0v) is 11.8. The van der Waals surface area contributed by atoms with Crippen molar-refractivity contribution in [2.75, 3.05) is 12.4 Å². The lowest BCUT2D eigenvalue weighted by Crippen LogP contribution is -2.12. The molecule has 1 heterocycles. The van der Waals surface area contributed by atoms with Crippen molar-refractivity contribution in [3.63, 3.8) is 0 Å². The maximum Gasteiger partial charge on any atom is 0.335 e. The van der Waals surface area contributed by atoms with E-state index in [1.165, 1.54) is 24.5 Å². The van der Waals surface area contributed by atoms with Crippen LogP contribution in [0.1, 0.15) is 25.6 Å². The molecule has 0 saturated heterocycles. The number of aryl methyl sites for hydroxylation is 1. The summed E-state index contributed by atoms with van der Waals surface area (Å²) in [4.78, 5) is 23.5. The highest BCUT2D eigenvalue weighted by Crippen LogP contribution is 2.25. The summed E-state index contributed by atoms with van der Waals surface area (Å²) in [5, 5.41) is 13.4. The summed E-state index contributed by atoms with van der Waals surface area (Å²) < 4.78 is 5.09. The van der Waals surface area contributed by atoms with Crippen LogP contribution in [-0.2, 0) is 0 Å². The lowest BCUT2D eigenvalue weighted by molar-refractivity contribution is 0.0696. The number of carboxylic acids is 1. The van der Waals surface area contributed by atoms with Crippen LogP contribution in [0.4, 0.5) is 5.69 Å². The third-order valence-corrected chi connectivity index (χ3v) is 3.66. The second-order valence-corrected chi connectivity index (χ2v) is 5.02. The van der Waals surface area contributed by atoms with Gasteiger partial charge in [-0.3, -0.25) is 4.79 Å². The summed E-state index contributed by atoms with van der Waals surface area (Å²) in [6.45, 7) is 1.69. The van der Waals surface area contributed by atoms with Gasteiger partial charge >= 0.3 is 5.97 Å². The van der Waals surface area contributed by atoms with Gasteiger partial charge < -0.3 is 15.2 Å². The lowest BCUT2D eigenvalue weighted by Gasteiger charge is -2.08. The normalized spacial score (nSPS) is 10.1. The average molecular weight is 291 g/mol. The fourth-order valence-electron chi connectivity index (χ4n) is 1.79. The fourth-order valence-corrected chi connectivity index (χ4v) is 2.55. The molecule has 2 aromatic rings. The van der Waals surface area contributed by atoms with Crippen LogP contribution in [-0.4, -0.2) is 24.1 Å². The number of hydrogen-bond acceptors (Lipinski definition) is 4. The van der Waals surface area contributed by atoms with Gasteiger partial charge in [-0.25, -0.2) is 4.79 Å². The van der Waals surface area contributed by atoms with Gasteiger partial charge in [0.25, 0.3) is 5.91 Å². The van der Waals surface area contributed by atoms with Gasteiger partial charge in [-0.1, -0.05) is 0 Å². The molecule has 0 saturated carbocycles. The Hall–Kier alpha value is -2.34. The van der Waals surface area contributed by atoms with E-state index in [1.54, 1.807) is 30.5 Å². The van der Waals surface area contributed by atoms with Gasteiger partial charge in [-0.2, -0.15) is 0 Å². The van der Waals surface area contributed by atoms with Crippen LogP contribution in [0.15, 0.2) is 29.6 Å². The maximum atomic E-state index is 12.1. The highest BCUT2D eigenvalue weighted by atomic mass is 32.1.